The molecule has 3 heteroatoms. The number of nitrogens with zero attached hydrogens (tertiary/aromatic N) is 1. The number of likely N-dealkylation sites (tertiary alicyclic amines) is 1. The molecule has 1 fully saturated rings. The van der Waals surface area contributed by atoms with Gasteiger partial charge in [-0.2, -0.15) is 0 Å². The monoisotopic (exact) mass is 242 g/mol. The summed E-state index contributed by atoms with van der Waals surface area (Å²) in [5, 5.41) is 13.2. The molecule has 0 aromatic heterocycles. The van der Waals surface area contributed by atoms with Crippen molar-refractivity contribution in [1.82, 2.24) is 10.2 Å². The first kappa shape index (κ1) is 14.9. The average Bonchev–Trinajstić information content (AvgIpc) is 2.61. The molecule has 1 heterocycles. The van der Waals surface area contributed by atoms with Gasteiger partial charge in [-0.05, 0) is 18.3 Å². The zero-order valence-electron chi connectivity index (χ0n) is 12.0. The molecule has 17 heavy (non-hydrogen) atoms. The molecule has 0 bridgehead atoms. The van der Waals surface area contributed by atoms with E-state index < -0.39 is 0 Å². The van der Waals surface area contributed by atoms with E-state index in [9.17, 15) is 5.11 Å². The summed E-state index contributed by atoms with van der Waals surface area (Å²) in [4.78, 5) is 2.42. The number of β-amino-alcohol motifs (C(OH)–C–C–N with tert-alkyl or cyclic N) is 1. The van der Waals surface area contributed by atoms with Crippen molar-refractivity contribution >= 4 is 0 Å². The quantitative estimate of drug-likeness (QED) is 0.715. The normalized spacial score (nSPS) is 25.4. The summed E-state index contributed by atoms with van der Waals surface area (Å²) < 4.78 is 0. The van der Waals surface area contributed by atoms with Crippen LogP contribution in [0, 0.1) is 5.41 Å². The van der Waals surface area contributed by atoms with Crippen LogP contribution in [0.4, 0.5) is 0 Å². The van der Waals surface area contributed by atoms with Crippen molar-refractivity contribution in [2.24, 2.45) is 5.41 Å². The van der Waals surface area contributed by atoms with Crippen LogP contribution in [0.1, 0.15) is 47.0 Å². The van der Waals surface area contributed by atoms with Crippen LogP contribution in [-0.4, -0.2) is 48.3 Å². The maximum absolute atomic E-state index is 9.59. The van der Waals surface area contributed by atoms with Gasteiger partial charge in [-0.25, -0.2) is 0 Å². The summed E-state index contributed by atoms with van der Waals surface area (Å²) in [6, 6.07) is 0.551. The summed E-state index contributed by atoms with van der Waals surface area (Å²) in [5.74, 6) is 0. The van der Waals surface area contributed by atoms with Gasteiger partial charge in [-0.3, -0.25) is 0 Å². The van der Waals surface area contributed by atoms with Gasteiger partial charge in [0.15, 0.2) is 0 Å². The molecule has 0 radical (unpaired) electrons. The van der Waals surface area contributed by atoms with Gasteiger partial charge in [0.25, 0.3) is 0 Å². The van der Waals surface area contributed by atoms with Crippen LogP contribution >= 0.6 is 0 Å². The van der Waals surface area contributed by atoms with Crippen LogP contribution in [0.5, 0.6) is 0 Å². The predicted octanol–water partition coefficient (Wildman–Crippen LogP) is 1.86. The summed E-state index contributed by atoms with van der Waals surface area (Å²) in [6.07, 6.45) is 3.32. The standard InChI is InChI=1S/C14H30N2O/c1-5-7-14(4,10-15-12(2)3)11-16-8-6-13(17)9-16/h12-13,15,17H,5-11H2,1-4H3. The fraction of sp³-hybridized carbons (Fsp3) is 1.00. The second-order valence-corrected chi connectivity index (χ2v) is 6.27. The zero-order valence-corrected chi connectivity index (χ0v) is 12.0. The second kappa shape index (κ2) is 6.72. The van der Waals surface area contributed by atoms with E-state index in [1.54, 1.807) is 0 Å². The van der Waals surface area contributed by atoms with Gasteiger partial charge in [-0.1, -0.05) is 34.1 Å². The van der Waals surface area contributed by atoms with Crippen LogP contribution in [0.15, 0.2) is 0 Å². The molecule has 1 aliphatic heterocycles. The lowest BCUT2D eigenvalue weighted by Crippen LogP contribution is -2.43. The minimum absolute atomic E-state index is 0.0982. The Bertz CT molecular complexity index is 220. The summed E-state index contributed by atoms with van der Waals surface area (Å²) in [6.45, 7) is 13.1. The van der Waals surface area contributed by atoms with E-state index in [0.29, 0.717) is 11.5 Å². The first-order chi connectivity index (χ1) is 7.95. The Hall–Kier alpha value is -0.120. The van der Waals surface area contributed by atoms with Gasteiger partial charge in [0.05, 0.1) is 6.10 Å². The summed E-state index contributed by atoms with van der Waals surface area (Å²) in [7, 11) is 0. The van der Waals surface area contributed by atoms with E-state index in [-0.39, 0.29) is 6.10 Å². The minimum atomic E-state index is -0.0982. The highest BCUT2D eigenvalue weighted by Gasteiger charge is 2.29. The van der Waals surface area contributed by atoms with Gasteiger partial charge in [0.1, 0.15) is 0 Å². The predicted molar refractivity (Wildman–Crippen MR) is 73.2 cm³/mol. The van der Waals surface area contributed by atoms with E-state index in [4.69, 9.17) is 0 Å². The second-order valence-electron chi connectivity index (χ2n) is 6.27. The van der Waals surface area contributed by atoms with Gasteiger partial charge >= 0.3 is 0 Å². The van der Waals surface area contributed by atoms with Crippen LogP contribution in [0.3, 0.4) is 0 Å². The lowest BCUT2D eigenvalue weighted by Gasteiger charge is -2.34. The Morgan fingerprint density at radius 1 is 1.47 bits per heavy atom. The number of rotatable bonds is 7. The topological polar surface area (TPSA) is 35.5 Å². The number of hydrogen-bond acceptors (Lipinski definition) is 3. The van der Waals surface area contributed by atoms with Crippen molar-refractivity contribution in [1.29, 1.82) is 0 Å². The fourth-order valence-corrected chi connectivity index (χ4v) is 2.77. The van der Waals surface area contributed by atoms with Crippen molar-refractivity contribution in [3.05, 3.63) is 0 Å². The summed E-state index contributed by atoms with van der Waals surface area (Å²) >= 11 is 0. The van der Waals surface area contributed by atoms with E-state index in [1.165, 1.54) is 12.8 Å². The molecular weight excluding hydrogens is 212 g/mol. The van der Waals surface area contributed by atoms with Crippen LogP contribution < -0.4 is 5.32 Å². The molecule has 102 valence electrons. The Kier molecular flexibility index (Phi) is 5.90. The molecule has 0 aliphatic carbocycles. The first-order valence-electron chi connectivity index (χ1n) is 7.09. The molecule has 0 aromatic rings. The lowest BCUT2D eigenvalue weighted by atomic mass is 9.84. The molecule has 1 saturated heterocycles. The molecule has 0 saturated carbocycles. The van der Waals surface area contributed by atoms with Crippen molar-refractivity contribution in [2.45, 2.75) is 59.1 Å². The van der Waals surface area contributed by atoms with Crippen LogP contribution in [-0.2, 0) is 0 Å². The van der Waals surface area contributed by atoms with Crippen molar-refractivity contribution < 1.29 is 5.11 Å². The molecule has 0 aromatic carbocycles. The number of nitrogens with one attached hydrogen (secondary N) is 1. The van der Waals surface area contributed by atoms with Crippen molar-refractivity contribution in [3.8, 4) is 0 Å². The number of aliphatic hydroxyl groups excluding tert-OH is 1. The fourth-order valence-electron chi connectivity index (χ4n) is 2.77. The molecular formula is C14H30N2O. The first-order valence-corrected chi connectivity index (χ1v) is 7.09. The van der Waals surface area contributed by atoms with Gasteiger partial charge < -0.3 is 15.3 Å². The Morgan fingerprint density at radius 2 is 2.18 bits per heavy atom. The maximum atomic E-state index is 9.59. The molecule has 3 nitrogen and oxygen atoms in total. The van der Waals surface area contributed by atoms with E-state index in [1.807, 2.05) is 0 Å². The zero-order chi connectivity index (χ0) is 12.9. The van der Waals surface area contributed by atoms with E-state index in [2.05, 4.69) is 37.9 Å². The molecule has 2 unspecified atom stereocenters. The molecule has 1 rings (SSSR count). The third-order valence-electron chi connectivity index (χ3n) is 3.64. The van der Waals surface area contributed by atoms with Gasteiger partial charge in [0.2, 0.25) is 0 Å². The highest BCUT2D eigenvalue weighted by Crippen LogP contribution is 2.26. The van der Waals surface area contributed by atoms with Crippen molar-refractivity contribution in [3.63, 3.8) is 0 Å². The molecule has 1 aliphatic rings. The molecule has 2 atom stereocenters. The number of aliphatic hydroxyl groups is 1. The SMILES string of the molecule is CCCC(C)(CNC(C)C)CN1CCC(O)C1. The van der Waals surface area contributed by atoms with E-state index >= 15 is 0 Å². The van der Waals surface area contributed by atoms with E-state index in [0.717, 1.165) is 32.6 Å². The Labute approximate surface area is 107 Å². The third kappa shape index (κ3) is 5.36. The highest BCUT2D eigenvalue weighted by molar-refractivity contribution is 4.85. The molecule has 0 spiro atoms. The van der Waals surface area contributed by atoms with Gasteiger partial charge in [-0.15, -0.1) is 0 Å². The number of hydrogen-bond donors (Lipinski definition) is 2. The Morgan fingerprint density at radius 3 is 2.65 bits per heavy atom. The molecule has 0 amide bonds. The third-order valence-corrected chi connectivity index (χ3v) is 3.64. The highest BCUT2D eigenvalue weighted by atomic mass is 16.3. The smallest absolute Gasteiger partial charge is 0.0679 e. The largest absolute Gasteiger partial charge is 0.392 e. The van der Waals surface area contributed by atoms with Crippen LogP contribution in [0.2, 0.25) is 0 Å². The van der Waals surface area contributed by atoms with Crippen molar-refractivity contribution in [2.75, 3.05) is 26.2 Å². The summed E-state index contributed by atoms with van der Waals surface area (Å²) in [5.41, 5.74) is 0.336. The minimum Gasteiger partial charge on any atom is -0.392 e. The average molecular weight is 242 g/mol. The van der Waals surface area contributed by atoms with Gasteiger partial charge in [0, 0.05) is 32.2 Å². The molecule has 2 N–H and O–H groups in total. The maximum Gasteiger partial charge on any atom is 0.0679 e. The lowest BCUT2D eigenvalue weighted by molar-refractivity contribution is 0.139. The van der Waals surface area contributed by atoms with Crippen LogP contribution in [0.25, 0.3) is 0 Å². The Balaban J connectivity index is 2.45.